The molecule has 2 aliphatic rings. The Bertz CT molecular complexity index is 871. The summed E-state index contributed by atoms with van der Waals surface area (Å²) in [6, 6.07) is 11.5. The monoisotopic (exact) mass is 354 g/mol. The van der Waals surface area contributed by atoms with Crippen molar-refractivity contribution in [3.05, 3.63) is 64.2 Å². The van der Waals surface area contributed by atoms with E-state index in [0.717, 1.165) is 28.0 Å². The van der Waals surface area contributed by atoms with E-state index in [1.165, 1.54) is 0 Å². The summed E-state index contributed by atoms with van der Waals surface area (Å²) < 4.78 is 17.1. The van der Waals surface area contributed by atoms with Gasteiger partial charge >= 0.3 is 0 Å². The van der Waals surface area contributed by atoms with Crippen LogP contribution < -0.4 is 4.74 Å². The van der Waals surface area contributed by atoms with Crippen LogP contribution in [0.15, 0.2) is 36.4 Å². The highest BCUT2D eigenvalue weighted by molar-refractivity contribution is 5.99. The fourth-order valence-electron chi connectivity index (χ4n) is 4.00. The topological polar surface area (TPSA) is 65.0 Å². The smallest absolute Gasteiger partial charge is 0.185 e. The molecule has 2 aromatic rings. The van der Waals surface area contributed by atoms with Gasteiger partial charge in [0.2, 0.25) is 0 Å². The minimum absolute atomic E-state index is 0.0420. The van der Waals surface area contributed by atoms with Crippen molar-refractivity contribution in [1.29, 1.82) is 0 Å². The zero-order valence-electron chi connectivity index (χ0n) is 15.1. The summed E-state index contributed by atoms with van der Waals surface area (Å²) >= 11 is 0. The summed E-state index contributed by atoms with van der Waals surface area (Å²) in [6.45, 7) is 1.70. The van der Waals surface area contributed by atoms with Gasteiger partial charge in [0.15, 0.2) is 12.1 Å². The quantitative estimate of drug-likeness (QED) is 0.916. The first-order valence-corrected chi connectivity index (χ1v) is 8.67. The molecule has 0 fully saturated rings. The van der Waals surface area contributed by atoms with E-state index in [1.54, 1.807) is 21.1 Å². The van der Waals surface area contributed by atoms with Crippen molar-refractivity contribution in [3.63, 3.8) is 0 Å². The first-order chi connectivity index (χ1) is 12.4. The van der Waals surface area contributed by atoms with Crippen LogP contribution in [0.5, 0.6) is 5.75 Å². The van der Waals surface area contributed by atoms with Gasteiger partial charge in [0.25, 0.3) is 0 Å². The van der Waals surface area contributed by atoms with Crippen molar-refractivity contribution < 1.29 is 24.1 Å². The highest BCUT2D eigenvalue weighted by Gasteiger charge is 2.37. The van der Waals surface area contributed by atoms with Crippen molar-refractivity contribution in [2.24, 2.45) is 0 Å². The molecule has 1 N–H and O–H groups in total. The molecular weight excluding hydrogens is 332 g/mol. The second-order valence-corrected chi connectivity index (χ2v) is 7.24. The van der Waals surface area contributed by atoms with Crippen molar-refractivity contribution >= 4 is 5.78 Å². The minimum atomic E-state index is -0.980. The molecular formula is C21H22O5. The molecule has 0 saturated heterocycles. The molecule has 0 spiro atoms. The summed E-state index contributed by atoms with van der Waals surface area (Å²) in [5.74, 6) is 0.693. The van der Waals surface area contributed by atoms with Crippen LogP contribution in [0.4, 0.5) is 0 Å². The zero-order chi connectivity index (χ0) is 18.5. The highest BCUT2D eigenvalue weighted by Crippen LogP contribution is 2.47. The van der Waals surface area contributed by atoms with Gasteiger partial charge in [0.05, 0.1) is 12.7 Å². The molecule has 136 valence electrons. The number of ether oxygens (including phenoxy) is 3. The van der Waals surface area contributed by atoms with Crippen LogP contribution >= 0.6 is 0 Å². The predicted octanol–water partition coefficient (Wildman–Crippen LogP) is 3.34. The Balaban J connectivity index is 1.79. The molecule has 26 heavy (non-hydrogen) atoms. The third-order valence-electron chi connectivity index (χ3n) is 5.16. The zero-order valence-corrected chi connectivity index (χ0v) is 15.1. The molecule has 2 aromatic carbocycles. The second kappa shape index (κ2) is 6.20. The third-order valence-corrected chi connectivity index (χ3v) is 5.16. The Labute approximate surface area is 152 Å². The molecule has 0 saturated carbocycles. The van der Waals surface area contributed by atoms with Gasteiger partial charge in [-0.25, -0.2) is 0 Å². The number of hydrogen-bond donors (Lipinski definition) is 1. The number of rotatable bonds is 3. The van der Waals surface area contributed by atoms with Crippen LogP contribution in [0.2, 0.25) is 0 Å². The standard InChI is InChI=1S/C21H22O5/c1-21(23)10-13-8-7-12(9-15(13)16(22)11-21)19-18-14(20(25-3)26-19)5-4-6-17(18)24-2/h4-9,19-20,23H,10-11H2,1-3H3/t19-,20+,21-/m1/s1. The summed E-state index contributed by atoms with van der Waals surface area (Å²) in [5.41, 5.74) is 3.29. The molecule has 5 nitrogen and oxygen atoms in total. The highest BCUT2D eigenvalue weighted by atomic mass is 16.7. The number of ketones is 1. The average molecular weight is 354 g/mol. The van der Waals surface area contributed by atoms with Gasteiger partial charge in [-0.3, -0.25) is 4.79 Å². The van der Waals surface area contributed by atoms with Crippen LogP contribution in [0.1, 0.15) is 58.4 Å². The van der Waals surface area contributed by atoms with E-state index in [-0.39, 0.29) is 18.3 Å². The van der Waals surface area contributed by atoms with Gasteiger partial charge in [0.1, 0.15) is 11.9 Å². The largest absolute Gasteiger partial charge is 0.496 e. The van der Waals surface area contributed by atoms with E-state index in [1.807, 2.05) is 36.4 Å². The number of hydrogen-bond acceptors (Lipinski definition) is 5. The lowest BCUT2D eigenvalue weighted by Crippen LogP contribution is -2.35. The lowest BCUT2D eigenvalue weighted by atomic mass is 9.79. The number of benzene rings is 2. The molecule has 0 aromatic heterocycles. The van der Waals surface area contributed by atoms with Crippen molar-refractivity contribution in [2.75, 3.05) is 14.2 Å². The maximum absolute atomic E-state index is 12.5. The Hall–Kier alpha value is -2.21. The summed E-state index contributed by atoms with van der Waals surface area (Å²) in [6.07, 6.45) is -0.236. The van der Waals surface area contributed by atoms with Crippen LogP contribution in [0.3, 0.4) is 0 Å². The van der Waals surface area contributed by atoms with Crippen molar-refractivity contribution in [3.8, 4) is 5.75 Å². The lowest BCUT2D eigenvalue weighted by molar-refractivity contribution is -0.132. The Kier molecular flexibility index (Phi) is 4.10. The van der Waals surface area contributed by atoms with Crippen LogP contribution in [0.25, 0.3) is 0 Å². The number of fused-ring (bicyclic) bond motifs is 2. The molecule has 1 aliphatic heterocycles. The van der Waals surface area contributed by atoms with Gasteiger partial charge in [-0.05, 0) is 30.2 Å². The number of methoxy groups -OCH3 is 2. The number of carbonyl (C=O) groups excluding carboxylic acids is 1. The molecule has 1 heterocycles. The molecule has 0 amide bonds. The maximum atomic E-state index is 12.5. The van der Waals surface area contributed by atoms with E-state index in [0.29, 0.717) is 12.0 Å². The van der Waals surface area contributed by atoms with E-state index in [4.69, 9.17) is 14.2 Å². The maximum Gasteiger partial charge on any atom is 0.185 e. The minimum Gasteiger partial charge on any atom is -0.496 e. The van der Waals surface area contributed by atoms with Crippen LogP contribution in [-0.2, 0) is 15.9 Å². The number of carbonyl (C=O) groups is 1. The number of Topliss-reactive ketones (excluding diaryl/α,β-unsaturated/α-hetero) is 1. The van der Waals surface area contributed by atoms with Gasteiger partial charge in [-0.1, -0.05) is 24.3 Å². The Morgan fingerprint density at radius 3 is 2.73 bits per heavy atom. The van der Waals surface area contributed by atoms with Crippen molar-refractivity contribution in [2.45, 2.75) is 37.8 Å². The first kappa shape index (κ1) is 17.2. The molecule has 5 heteroatoms. The van der Waals surface area contributed by atoms with E-state index in [2.05, 4.69) is 0 Å². The third kappa shape index (κ3) is 2.72. The average Bonchev–Trinajstić information content (AvgIpc) is 2.99. The van der Waals surface area contributed by atoms with Crippen LogP contribution in [-0.4, -0.2) is 30.7 Å². The fraction of sp³-hybridized carbons (Fsp3) is 0.381. The normalized spacial score (nSPS) is 27.2. The van der Waals surface area contributed by atoms with E-state index in [9.17, 15) is 9.90 Å². The fourth-order valence-corrected chi connectivity index (χ4v) is 4.00. The summed E-state index contributed by atoms with van der Waals surface area (Å²) in [5, 5.41) is 10.3. The Morgan fingerprint density at radius 2 is 2.00 bits per heavy atom. The Morgan fingerprint density at radius 1 is 1.19 bits per heavy atom. The second-order valence-electron chi connectivity index (χ2n) is 7.24. The van der Waals surface area contributed by atoms with Gasteiger partial charge in [-0.2, -0.15) is 0 Å². The number of aliphatic hydroxyl groups is 1. The molecule has 4 rings (SSSR count). The van der Waals surface area contributed by atoms with Gasteiger partial charge in [-0.15, -0.1) is 0 Å². The van der Waals surface area contributed by atoms with E-state index >= 15 is 0 Å². The SMILES string of the molecule is COc1cccc2c1[C@@H](c1ccc3c(c1)C(=O)C[C@](C)(O)C3)O[C@@H]2OC. The molecule has 1 aliphatic carbocycles. The molecule has 0 bridgehead atoms. The molecule has 0 unspecified atom stereocenters. The lowest BCUT2D eigenvalue weighted by Gasteiger charge is -2.29. The summed E-state index contributed by atoms with van der Waals surface area (Å²) in [4.78, 5) is 12.5. The van der Waals surface area contributed by atoms with Crippen LogP contribution in [0, 0.1) is 0 Å². The van der Waals surface area contributed by atoms with E-state index < -0.39 is 11.9 Å². The molecule has 3 atom stereocenters. The first-order valence-electron chi connectivity index (χ1n) is 8.67. The van der Waals surface area contributed by atoms with Gasteiger partial charge in [0, 0.05) is 36.6 Å². The predicted molar refractivity (Wildman–Crippen MR) is 95.4 cm³/mol. The summed E-state index contributed by atoms with van der Waals surface area (Å²) in [7, 11) is 3.24. The molecule has 0 radical (unpaired) electrons. The van der Waals surface area contributed by atoms with Crippen molar-refractivity contribution in [1.82, 2.24) is 0 Å². The van der Waals surface area contributed by atoms with Gasteiger partial charge < -0.3 is 19.3 Å².